The van der Waals surface area contributed by atoms with Crippen molar-refractivity contribution in [2.75, 3.05) is 18.3 Å². The van der Waals surface area contributed by atoms with E-state index in [1.165, 1.54) is 4.90 Å². The molecule has 1 fully saturated rings. The number of amides is 1. The first-order chi connectivity index (χ1) is 17.9. The maximum absolute atomic E-state index is 13.4. The highest BCUT2D eigenvalue weighted by molar-refractivity contribution is 6.51. The summed E-state index contributed by atoms with van der Waals surface area (Å²) in [5, 5.41) is 11.3. The molecule has 1 N–H and O–H groups in total. The van der Waals surface area contributed by atoms with Gasteiger partial charge in [0.15, 0.2) is 11.5 Å². The van der Waals surface area contributed by atoms with Gasteiger partial charge in [-0.05, 0) is 74.9 Å². The number of hydrogen-bond donors (Lipinski definition) is 1. The largest absolute Gasteiger partial charge is 0.507 e. The van der Waals surface area contributed by atoms with Gasteiger partial charge >= 0.3 is 0 Å². The molecule has 0 bridgehead atoms. The number of carbonyl (C=O) groups is 2. The molecular weight excluding hydrogens is 474 g/mol. The number of rotatable bonds is 7. The van der Waals surface area contributed by atoms with Crippen LogP contribution >= 0.6 is 0 Å². The predicted octanol–water partition coefficient (Wildman–Crippen LogP) is 5.23. The molecule has 0 aromatic heterocycles. The standard InChI is InChI=1S/C29H27NO7/c1-4-34-21-10-5-18(6-11-21)26-25(27(31)19-7-12-22(13-8-19)37-17(2)3)28(32)29(33)30(26)20-9-14-23-24(15-20)36-16-35-23/h5-15,17,26,31H,4,16H2,1-3H3/b27-25+. The highest BCUT2D eigenvalue weighted by Gasteiger charge is 2.47. The van der Waals surface area contributed by atoms with E-state index in [0.717, 1.165) is 0 Å². The number of ether oxygens (including phenoxy) is 4. The number of nitrogens with zero attached hydrogens (tertiary/aromatic N) is 1. The van der Waals surface area contributed by atoms with Gasteiger partial charge in [0.05, 0.1) is 24.3 Å². The van der Waals surface area contributed by atoms with Crippen molar-refractivity contribution in [2.24, 2.45) is 0 Å². The van der Waals surface area contributed by atoms with Crippen LogP contribution in [0.1, 0.15) is 37.9 Å². The van der Waals surface area contributed by atoms with E-state index in [0.29, 0.717) is 46.4 Å². The van der Waals surface area contributed by atoms with Crippen LogP contribution in [-0.4, -0.2) is 36.3 Å². The zero-order chi connectivity index (χ0) is 26.1. The molecule has 1 unspecified atom stereocenters. The Morgan fingerprint density at radius 2 is 1.65 bits per heavy atom. The number of hydrogen-bond acceptors (Lipinski definition) is 7. The molecule has 2 aliphatic heterocycles. The third-order valence-corrected chi connectivity index (χ3v) is 6.09. The minimum absolute atomic E-state index is 0.00821. The van der Waals surface area contributed by atoms with Crippen LogP contribution < -0.4 is 23.8 Å². The fourth-order valence-electron chi connectivity index (χ4n) is 4.48. The van der Waals surface area contributed by atoms with Gasteiger partial charge in [-0.25, -0.2) is 0 Å². The normalized spacial score (nSPS) is 17.9. The first-order valence-corrected chi connectivity index (χ1v) is 12.1. The molecule has 3 aromatic carbocycles. The average molecular weight is 502 g/mol. The summed E-state index contributed by atoms with van der Waals surface area (Å²) in [6.07, 6.45) is -0.00821. The number of anilines is 1. The van der Waals surface area contributed by atoms with Crippen molar-refractivity contribution in [3.63, 3.8) is 0 Å². The summed E-state index contributed by atoms with van der Waals surface area (Å²) in [6, 6.07) is 18.1. The molecule has 5 rings (SSSR count). The Morgan fingerprint density at radius 1 is 0.973 bits per heavy atom. The Morgan fingerprint density at radius 3 is 2.32 bits per heavy atom. The van der Waals surface area contributed by atoms with Gasteiger partial charge in [-0.2, -0.15) is 0 Å². The molecule has 0 radical (unpaired) electrons. The predicted molar refractivity (Wildman–Crippen MR) is 137 cm³/mol. The van der Waals surface area contributed by atoms with Gasteiger partial charge in [-0.15, -0.1) is 0 Å². The number of fused-ring (bicyclic) bond motifs is 1. The van der Waals surface area contributed by atoms with E-state index in [4.69, 9.17) is 18.9 Å². The average Bonchev–Trinajstić information content (AvgIpc) is 3.46. The molecule has 2 aliphatic rings. The molecule has 1 amide bonds. The van der Waals surface area contributed by atoms with Crippen molar-refractivity contribution in [3.8, 4) is 23.0 Å². The fourth-order valence-corrected chi connectivity index (χ4v) is 4.48. The van der Waals surface area contributed by atoms with E-state index in [1.54, 1.807) is 66.7 Å². The lowest BCUT2D eigenvalue weighted by Gasteiger charge is -2.25. The maximum atomic E-state index is 13.4. The number of Topliss-reactive ketones (excluding diaryl/α,β-unsaturated/α-hetero) is 1. The third kappa shape index (κ3) is 4.58. The SMILES string of the molecule is CCOc1ccc(C2/C(=C(\O)c3ccc(OC(C)C)cc3)C(=O)C(=O)N2c2ccc3c(c2)OCO3)cc1. The van der Waals surface area contributed by atoms with Crippen LogP contribution in [-0.2, 0) is 9.59 Å². The minimum atomic E-state index is -0.873. The van der Waals surface area contributed by atoms with Gasteiger partial charge < -0.3 is 24.1 Å². The second-order valence-corrected chi connectivity index (χ2v) is 8.90. The molecule has 2 heterocycles. The fraction of sp³-hybridized carbons (Fsp3) is 0.241. The van der Waals surface area contributed by atoms with Gasteiger partial charge in [-0.3, -0.25) is 14.5 Å². The van der Waals surface area contributed by atoms with Crippen LogP contribution in [0, 0.1) is 0 Å². The second-order valence-electron chi connectivity index (χ2n) is 8.90. The van der Waals surface area contributed by atoms with E-state index in [-0.39, 0.29) is 24.2 Å². The van der Waals surface area contributed by atoms with E-state index >= 15 is 0 Å². The number of aliphatic hydroxyl groups is 1. The maximum Gasteiger partial charge on any atom is 0.300 e. The summed E-state index contributed by atoms with van der Waals surface area (Å²) in [5.41, 5.74) is 1.48. The van der Waals surface area contributed by atoms with Crippen LogP contribution in [0.2, 0.25) is 0 Å². The van der Waals surface area contributed by atoms with Crippen molar-refractivity contribution < 1.29 is 33.6 Å². The summed E-state index contributed by atoms with van der Waals surface area (Å²) in [7, 11) is 0. The molecule has 8 heteroatoms. The minimum Gasteiger partial charge on any atom is -0.507 e. The second kappa shape index (κ2) is 9.89. The van der Waals surface area contributed by atoms with Gasteiger partial charge in [0.25, 0.3) is 11.7 Å². The number of benzene rings is 3. The molecule has 0 saturated carbocycles. The number of carbonyl (C=O) groups excluding carboxylic acids is 2. The molecule has 1 saturated heterocycles. The zero-order valence-corrected chi connectivity index (χ0v) is 20.8. The van der Waals surface area contributed by atoms with Gasteiger partial charge in [-0.1, -0.05) is 12.1 Å². The molecule has 3 aromatic rings. The summed E-state index contributed by atoms with van der Waals surface area (Å²) >= 11 is 0. The summed E-state index contributed by atoms with van der Waals surface area (Å²) in [5.74, 6) is 0.530. The molecule has 1 atom stereocenters. The monoisotopic (exact) mass is 501 g/mol. The number of ketones is 1. The summed E-state index contributed by atoms with van der Waals surface area (Å²) in [6.45, 7) is 6.31. The van der Waals surface area contributed by atoms with E-state index in [1.807, 2.05) is 20.8 Å². The van der Waals surface area contributed by atoms with Crippen molar-refractivity contribution in [1.29, 1.82) is 0 Å². The molecule has 0 aliphatic carbocycles. The molecule has 8 nitrogen and oxygen atoms in total. The van der Waals surface area contributed by atoms with Crippen LogP contribution in [0.25, 0.3) is 5.76 Å². The van der Waals surface area contributed by atoms with E-state index < -0.39 is 17.7 Å². The van der Waals surface area contributed by atoms with Crippen LogP contribution in [0.4, 0.5) is 5.69 Å². The van der Waals surface area contributed by atoms with Gasteiger partial charge in [0.2, 0.25) is 6.79 Å². The lowest BCUT2D eigenvalue weighted by atomic mass is 9.95. The van der Waals surface area contributed by atoms with Crippen molar-refractivity contribution in [1.82, 2.24) is 0 Å². The van der Waals surface area contributed by atoms with Gasteiger partial charge in [0, 0.05) is 17.3 Å². The highest BCUT2D eigenvalue weighted by atomic mass is 16.7. The molecule has 37 heavy (non-hydrogen) atoms. The Labute approximate surface area is 214 Å². The smallest absolute Gasteiger partial charge is 0.300 e. The van der Waals surface area contributed by atoms with Gasteiger partial charge in [0.1, 0.15) is 17.3 Å². The number of aliphatic hydroxyl groups excluding tert-OH is 1. The van der Waals surface area contributed by atoms with E-state index in [9.17, 15) is 14.7 Å². The summed E-state index contributed by atoms with van der Waals surface area (Å²) in [4.78, 5) is 28.2. The lowest BCUT2D eigenvalue weighted by Crippen LogP contribution is -2.29. The van der Waals surface area contributed by atoms with E-state index in [2.05, 4.69) is 0 Å². The lowest BCUT2D eigenvalue weighted by molar-refractivity contribution is -0.132. The van der Waals surface area contributed by atoms with Crippen LogP contribution in [0.15, 0.2) is 72.3 Å². The summed E-state index contributed by atoms with van der Waals surface area (Å²) < 4.78 is 22.1. The van der Waals surface area contributed by atoms with Crippen molar-refractivity contribution >= 4 is 23.1 Å². The van der Waals surface area contributed by atoms with Crippen LogP contribution in [0.5, 0.6) is 23.0 Å². The Hall–Kier alpha value is -4.46. The third-order valence-electron chi connectivity index (χ3n) is 6.09. The topological polar surface area (TPSA) is 94.5 Å². The zero-order valence-electron chi connectivity index (χ0n) is 20.8. The van der Waals surface area contributed by atoms with Crippen molar-refractivity contribution in [3.05, 3.63) is 83.4 Å². The molecular formula is C29H27NO7. The van der Waals surface area contributed by atoms with Crippen LogP contribution in [0.3, 0.4) is 0 Å². The molecule has 0 spiro atoms. The molecule has 190 valence electrons. The Bertz CT molecular complexity index is 1360. The Balaban J connectivity index is 1.62. The first-order valence-electron chi connectivity index (χ1n) is 12.1. The quantitative estimate of drug-likeness (QED) is 0.269. The Kier molecular flexibility index (Phi) is 6.48. The van der Waals surface area contributed by atoms with Crippen molar-refractivity contribution in [2.45, 2.75) is 32.9 Å². The highest BCUT2D eigenvalue weighted by Crippen LogP contribution is 2.45. The first kappa shape index (κ1) is 24.2.